The van der Waals surface area contributed by atoms with Crippen molar-refractivity contribution in [3.8, 4) is 17.0 Å². The van der Waals surface area contributed by atoms with Gasteiger partial charge in [0, 0.05) is 11.1 Å². The molecule has 0 bridgehead atoms. The summed E-state index contributed by atoms with van der Waals surface area (Å²) in [6, 6.07) is 18.5. The number of phenols is 1. The summed E-state index contributed by atoms with van der Waals surface area (Å²) in [5, 5.41) is 13.9. The van der Waals surface area contributed by atoms with E-state index in [2.05, 4.69) is 15.1 Å². The number of para-hydroxylation sites is 1. The average molecular weight is 304 g/mol. The molecule has 3 rings (SSSR count). The summed E-state index contributed by atoms with van der Waals surface area (Å²) in [7, 11) is 0. The van der Waals surface area contributed by atoms with Crippen LogP contribution < -0.4 is 5.84 Å². The zero-order valence-electron chi connectivity index (χ0n) is 12.6. The summed E-state index contributed by atoms with van der Waals surface area (Å²) < 4.78 is 0. The quantitative estimate of drug-likeness (QED) is 0.443. The number of nitrogens with two attached hydrogens (primary N) is 1. The summed E-state index contributed by atoms with van der Waals surface area (Å²) >= 11 is 0. The van der Waals surface area contributed by atoms with Crippen LogP contribution in [-0.2, 0) is 0 Å². The molecule has 114 valence electrons. The first-order valence-electron chi connectivity index (χ1n) is 7.17. The molecule has 5 nitrogen and oxygen atoms in total. The lowest BCUT2D eigenvalue weighted by Gasteiger charge is -2.10. The maximum Gasteiger partial charge on any atom is 0.126 e. The Labute approximate surface area is 134 Å². The number of aromatic hydroxyl groups is 1. The van der Waals surface area contributed by atoms with Gasteiger partial charge in [-0.25, -0.2) is 9.97 Å². The van der Waals surface area contributed by atoms with E-state index in [-0.39, 0.29) is 5.75 Å². The largest absolute Gasteiger partial charge is 0.507 e. The van der Waals surface area contributed by atoms with Crippen LogP contribution in [0.25, 0.3) is 11.3 Å². The molecule has 0 spiro atoms. The Bertz CT molecular complexity index is 860. The molecule has 3 N–H and O–H groups in total. The van der Waals surface area contributed by atoms with Crippen molar-refractivity contribution in [2.24, 2.45) is 10.9 Å². The van der Waals surface area contributed by atoms with Crippen LogP contribution in [0.4, 0.5) is 0 Å². The van der Waals surface area contributed by atoms with Crippen LogP contribution in [0.5, 0.6) is 5.75 Å². The molecule has 2 aromatic carbocycles. The SMILES string of the molecule is Cc1nc(/C(=N/N)c2ccccc2O)cc(-c2ccccc2)n1. The number of benzene rings is 2. The number of rotatable bonds is 3. The van der Waals surface area contributed by atoms with Gasteiger partial charge in [0.05, 0.1) is 11.4 Å². The number of hydrazone groups is 1. The smallest absolute Gasteiger partial charge is 0.126 e. The highest BCUT2D eigenvalue weighted by atomic mass is 16.3. The Hall–Kier alpha value is -3.21. The highest BCUT2D eigenvalue weighted by Gasteiger charge is 2.15. The third-order valence-corrected chi connectivity index (χ3v) is 3.44. The maximum absolute atomic E-state index is 10.0. The van der Waals surface area contributed by atoms with Gasteiger partial charge in [-0.2, -0.15) is 5.10 Å². The van der Waals surface area contributed by atoms with Gasteiger partial charge in [-0.1, -0.05) is 42.5 Å². The van der Waals surface area contributed by atoms with Crippen LogP contribution in [0.1, 0.15) is 17.1 Å². The minimum absolute atomic E-state index is 0.106. The maximum atomic E-state index is 10.0. The Balaban J connectivity index is 2.13. The van der Waals surface area contributed by atoms with Gasteiger partial charge in [-0.05, 0) is 25.1 Å². The van der Waals surface area contributed by atoms with Gasteiger partial charge < -0.3 is 10.9 Å². The fourth-order valence-corrected chi connectivity index (χ4v) is 2.39. The second kappa shape index (κ2) is 6.27. The predicted molar refractivity (Wildman–Crippen MR) is 90.1 cm³/mol. The molecule has 0 atom stereocenters. The number of hydrogen-bond donors (Lipinski definition) is 2. The molecule has 1 aromatic heterocycles. The Morgan fingerprint density at radius 2 is 1.70 bits per heavy atom. The fraction of sp³-hybridized carbons (Fsp3) is 0.0556. The third kappa shape index (κ3) is 3.03. The molecule has 0 aliphatic carbocycles. The summed E-state index contributed by atoms with van der Waals surface area (Å²) in [6.45, 7) is 1.81. The number of aryl methyl sites for hydroxylation is 1. The first kappa shape index (κ1) is 14.7. The zero-order valence-corrected chi connectivity index (χ0v) is 12.6. The van der Waals surface area contributed by atoms with E-state index in [1.807, 2.05) is 49.4 Å². The molecular formula is C18H16N4O. The molecule has 0 saturated carbocycles. The van der Waals surface area contributed by atoms with Gasteiger partial charge in [-0.15, -0.1) is 0 Å². The standard InChI is InChI=1S/C18H16N4O/c1-12-20-15(13-7-3-2-4-8-13)11-16(21-12)18(22-19)14-9-5-6-10-17(14)23/h2-11,23H,19H2,1H3/b22-18+. The van der Waals surface area contributed by atoms with E-state index in [9.17, 15) is 5.11 Å². The van der Waals surface area contributed by atoms with E-state index in [4.69, 9.17) is 5.84 Å². The molecule has 0 aliphatic rings. The Kier molecular flexibility index (Phi) is 4.01. The first-order chi connectivity index (χ1) is 11.2. The van der Waals surface area contributed by atoms with Crippen LogP contribution >= 0.6 is 0 Å². The lowest BCUT2D eigenvalue weighted by atomic mass is 10.0. The highest BCUT2D eigenvalue weighted by molar-refractivity contribution is 6.13. The van der Waals surface area contributed by atoms with E-state index in [1.165, 1.54) is 0 Å². The number of phenolic OH excluding ortho intramolecular Hbond substituents is 1. The summed E-state index contributed by atoms with van der Waals surface area (Å²) in [5.74, 6) is 6.28. The predicted octanol–water partition coefficient (Wildman–Crippen LogP) is 2.87. The van der Waals surface area contributed by atoms with E-state index in [0.717, 1.165) is 11.3 Å². The second-order valence-electron chi connectivity index (χ2n) is 5.05. The van der Waals surface area contributed by atoms with Gasteiger partial charge in [0.25, 0.3) is 0 Å². The van der Waals surface area contributed by atoms with Crippen LogP contribution in [0.15, 0.2) is 65.8 Å². The van der Waals surface area contributed by atoms with Crippen molar-refractivity contribution in [2.75, 3.05) is 0 Å². The number of nitrogens with zero attached hydrogens (tertiary/aromatic N) is 3. The van der Waals surface area contributed by atoms with Crippen LogP contribution in [0, 0.1) is 6.92 Å². The second-order valence-corrected chi connectivity index (χ2v) is 5.05. The molecule has 0 saturated heterocycles. The molecule has 1 heterocycles. The summed E-state index contributed by atoms with van der Waals surface area (Å²) in [4.78, 5) is 8.88. The average Bonchev–Trinajstić information content (AvgIpc) is 2.58. The lowest BCUT2D eigenvalue weighted by Crippen LogP contribution is -2.11. The molecule has 0 unspecified atom stereocenters. The number of hydrogen-bond acceptors (Lipinski definition) is 5. The molecule has 0 amide bonds. The van der Waals surface area contributed by atoms with E-state index >= 15 is 0 Å². The molecule has 0 aliphatic heterocycles. The normalized spacial score (nSPS) is 11.4. The first-order valence-corrected chi connectivity index (χ1v) is 7.17. The van der Waals surface area contributed by atoms with Crippen LogP contribution in [0.3, 0.4) is 0 Å². The molecule has 0 radical (unpaired) electrons. The zero-order chi connectivity index (χ0) is 16.2. The van der Waals surface area contributed by atoms with Gasteiger partial charge in [0.15, 0.2) is 0 Å². The Morgan fingerprint density at radius 1 is 1.00 bits per heavy atom. The molecule has 0 fully saturated rings. The van der Waals surface area contributed by atoms with Crippen molar-refractivity contribution in [1.82, 2.24) is 9.97 Å². The summed E-state index contributed by atoms with van der Waals surface area (Å²) in [6.07, 6.45) is 0. The minimum Gasteiger partial charge on any atom is -0.507 e. The van der Waals surface area contributed by atoms with Crippen molar-refractivity contribution < 1.29 is 5.11 Å². The third-order valence-electron chi connectivity index (χ3n) is 3.44. The van der Waals surface area contributed by atoms with Crippen LogP contribution in [-0.4, -0.2) is 20.8 Å². The van der Waals surface area contributed by atoms with Crippen molar-refractivity contribution in [1.29, 1.82) is 0 Å². The topological polar surface area (TPSA) is 84.4 Å². The van der Waals surface area contributed by atoms with Gasteiger partial charge in [0.2, 0.25) is 0 Å². The van der Waals surface area contributed by atoms with Crippen LogP contribution in [0.2, 0.25) is 0 Å². The Morgan fingerprint density at radius 3 is 2.39 bits per heavy atom. The van der Waals surface area contributed by atoms with Crippen molar-refractivity contribution in [2.45, 2.75) is 6.92 Å². The van der Waals surface area contributed by atoms with Gasteiger partial charge >= 0.3 is 0 Å². The van der Waals surface area contributed by atoms with Gasteiger partial charge in [-0.3, -0.25) is 0 Å². The van der Waals surface area contributed by atoms with E-state index < -0.39 is 0 Å². The van der Waals surface area contributed by atoms with Crippen molar-refractivity contribution >= 4 is 5.71 Å². The van der Waals surface area contributed by atoms with Crippen molar-refractivity contribution in [3.05, 3.63) is 77.7 Å². The minimum atomic E-state index is 0.106. The van der Waals surface area contributed by atoms with E-state index in [0.29, 0.717) is 22.8 Å². The molecule has 5 heteroatoms. The lowest BCUT2D eigenvalue weighted by molar-refractivity contribution is 0.474. The molecular weight excluding hydrogens is 288 g/mol. The molecule has 3 aromatic rings. The van der Waals surface area contributed by atoms with E-state index in [1.54, 1.807) is 18.2 Å². The highest BCUT2D eigenvalue weighted by Crippen LogP contribution is 2.22. The fourth-order valence-electron chi connectivity index (χ4n) is 2.39. The monoisotopic (exact) mass is 304 g/mol. The van der Waals surface area contributed by atoms with Gasteiger partial charge in [0.1, 0.15) is 17.3 Å². The molecule has 23 heavy (non-hydrogen) atoms. The van der Waals surface area contributed by atoms with Crippen molar-refractivity contribution in [3.63, 3.8) is 0 Å². The summed E-state index contributed by atoms with van der Waals surface area (Å²) in [5.41, 5.74) is 3.29. The number of aromatic nitrogens is 2.